The Morgan fingerprint density at radius 1 is 1.03 bits per heavy atom. The maximum atomic E-state index is 16.3. The van der Waals surface area contributed by atoms with E-state index < -0.39 is 102 Å². The molecule has 12 atom stereocenters. The number of rotatable bonds is 13. The molecule has 17 heteroatoms. The fourth-order valence-electron chi connectivity index (χ4n) is 10.4. The van der Waals surface area contributed by atoms with Crippen LogP contribution in [0.5, 0.6) is 17.2 Å². The molecule has 348 valence electrons. The minimum atomic E-state index is -2.41. The van der Waals surface area contributed by atoms with Crippen molar-refractivity contribution in [2.75, 3.05) is 19.5 Å². The number of benzene rings is 1. The van der Waals surface area contributed by atoms with Crippen LogP contribution in [0.3, 0.4) is 0 Å². The van der Waals surface area contributed by atoms with Crippen LogP contribution in [0.25, 0.3) is 6.08 Å². The number of carbonyl (C=O) groups excluding carboxylic acids is 3. The summed E-state index contributed by atoms with van der Waals surface area (Å²) in [7, 11) is 1.22. The summed E-state index contributed by atoms with van der Waals surface area (Å²) in [6, 6.07) is -1.08. The summed E-state index contributed by atoms with van der Waals surface area (Å²) < 4.78 is 33.2. The molecule has 3 saturated carbocycles. The lowest BCUT2D eigenvalue weighted by Gasteiger charge is -2.66. The van der Waals surface area contributed by atoms with Crippen molar-refractivity contribution in [3.05, 3.63) is 64.0 Å². The van der Waals surface area contributed by atoms with E-state index in [1.165, 1.54) is 31.1 Å². The lowest BCUT2D eigenvalue weighted by atomic mass is 9.43. The van der Waals surface area contributed by atoms with Crippen LogP contribution >= 0.6 is 0 Å². The van der Waals surface area contributed by atoms with Gasteiger partial charge in [-0.1, -0.05) is 43.2 Å². The second-order valence-corrected chi connectivity index (χ2v) is 18.9. The summed E-state index contributed by atoms with van der Waals surface area (Å²) in [4.78, 5) is 48.3. The molecular weight excluding hydrogens is 829 g/mol. The molecule has 1 saturated heterocycles. The van der Waals surface area contributed by atoms with Gasteiger partial charge in [-0.05, 0) is 85.3 Å². The normalized spacial score (nSPS) is 34.0. The molecule has 0 radical (unpaired) electrons. The number of ketones is 2. The summed E-state index contributed by atoms with van der Waals surface area (Å²) in [5, 5.41) is 60.8. The minimum Gasteiger partial charge on any atom is -0.482 e. The molecule has 1 aromatic carbocycles. The van der Waals surface area contributed by atoms with Crippen molar-refractivity contribution in [1.29, 1.82) is 0 Å². The van der Waals surface area contributed by atoms with Crippen molar-refractivity contribution >= 4 is 29.6 Å². The molecule has 4 heterocycles. The average molecular weight is 891 g/mol. The van der Waals surface area contributed by atoms with Gasteiger partial charge in [-0.15, -0.1) is 5.10 Å². The SMILES string of the molecule is COC(=O)/C(C)=C\CC1(O)C(=O)C2CC(C(C)C)C13Oc1c(CC=C(C)C)c4c(c(O[C@@H]5O[C@H](CO)[C@@H](O)[C@H](O)[C@H]5O)c1C(=O)C3C2n1cnc(N)n1)C=CC(C)(CCC=C(C)C)O4. The molecule has 7 N–H and O–H groups in total. The molecule has 1 aromatic heterocycles. The summed E-state index contributed by atoms with van der Waals surface area (Å²) in [6.07, 6.45) is 3.10. The van der Waals surface area contributed by atoms with Gasteiger partial charge < -0.3 is 55.0 Å². The van der Waals surface area contributed by atoms with Crippen molar-refractivity contribution in [2.24, 2.45) is 23.7 Å². The monoisotopic (exact) mass is 890 g/mol. The fourth-order valence-corrected chi connectivity index (χ4v) is 10.4. The molecule has 0 amide bonds. The second-order valence-electron chi connectivity index (χ2n) is 18.9. The van der Waals surface area contributed by atoms with Gasteiger partial charge in [-0.2, -0.15) is 0 Å². The van der Waals surface area contributed by atoms with Crippen LogP contribution in [-0.4, -0.2) is 119 Å². The van der Waals surface area contributed by atoms with Gasteiger partial charge in [0.15, 0.2) is 22.8 Å². The van der Waals surface area contributed by atoms with Gasteiger partial charge >= 0.3 is 5.97 Å². The van der Waals surface area contributed by atoms with Crippen LogP contribution in [0.1, 0.15) is 109 Å². The topological polar surface area (TPSA) is 255 Å². The average Bonchev–Trinajstić information content (AvgIpc) is 3.68. The van der Waals surface area contributed by atoms with Crippen molar-refractivity contribution in [1.82, 2.24) is 14.8 Å². The zero-order valence-corrected chi connectivity index (χ0v) is 37.9. The highest BCUT2D eigenvalue weighted by Crippen LogP contribution is 2.67. The summed E-state index contributed by atoms with van der Waals surface area (Å²) in [6.45, 7) is 14.4. The third-order valence-corrected chi connectivity index (χ3v) is 13.7. The number of allylic oxidation sites excluding steroid dienone is 4. The van der Waals surface area contributed by atoms with Gasteiger partial charge in [-0.25, -0.2) is 14.5 Å². The van der Waals surface area contributed by atoms with Crippen LogP contribution in [0.4, 0.5) is 5.95 Å². The number of nitrogens with two attached hydrogens (primary N) is 1. The van der Waals surface area contributed by atoms with Gasteiger partial charge in [0.05, 0.1) is 31.2 Å². The third-order valence-electron chi connectivity index (χ3n) is 13.7. The number of ether oxygens (including phenoxy) is 5. The quantitative estimate of drug-likeness (QED) is 0.0951. The molecule has 3 aliphatic carbocycles. The van der Waals surface area contributed by atoms with Gasteiger partial charge in [0.1, 0.15) is 59.2 Å². The standard InChI is InChI=1S/C47H62N4O13/c1-22(2)11-10-16-45(8)17-15-27-38(63-45)26(13-12-23(3)4)40-31(39(27)62-43-37(56)36(55)34(53)30(20-52)61-43)35(54)32-33(51-21-49-44(48)50-51)28-19-29(24(5)6)47(32,64-40)46(59,41(28)57)18-14-25(7)42(58)60-9/h11-12,14-15,17,21,24,28-30,32-34,36-37,43,52-53,55-56,59H,10,13,16,18-20H2,1-9H3,(H2,48,50)/b25-14-/t28?,29?,30-,32?,33?,34-,36+,37-,43+,45?,46?,47?/m1/s1. The molecular formula is C47H62N4O13. The largest absolute Gasteiger partial charge is 0.482 e. The zero-order chi connectivity index (χ0) is 46.8. The Balaban J connectivity index is 1.56. The van der Waals surface area contributed by atoms with Crippen LogP contribution in [0.15, 0.2) is 47.4 Å². The Kier molecular flexibility index (Phi) is 12.9. The first-order chi connectivity index (χ1) is 30.1. The van der Waals surface area contributed by atoms with Crippen molar-refractivity contribution < 1.29 is 63.6 Å². The number of anilines is 1. The number of methoxy groups -OCH3 is 1. The van der Waals surface area contributed by atoms with Crippen LogP contribution in [0.2, 0.25) is 0 Å². The van der Waals surface area contributed by atoms with Crippen molar-refractivity contribution in [2.45, 2.75) is 141 Å². The third kappa shape index (κ3) is 7.66. The Morgan fingerprint density at radius 3 is 2.34 bits per heavy atom. The number of carbonyl (C=O) groups is 3. The molecule has 7 unspecified atom stereocenters. The number of nitrogen functional groups attached to an aromatic ring is 1. The lowest BCUT2D eigenvalue weighted by molar-refractivity contribution is -0.277. The number of aromatic nitrogens is 3. The van der Waals surface area contributed by atoms with Crippen LogP contribution in [-0.2, 0) is 25.5 Å². The van der Waals surface area contributed by atoms with E-state index in [-0.39, 0.29) is 58.7 Å². The van der Waals surface area contributed by atoms with E-state index in [2.05, 4.69) is 16.2 Å². The van der Waals surface area contributed by atoms with Crippen molar-refractivity contribution in [3.8, 4) is 17.2 Å². The van der Waals surface area contributed by atoms with Crippen molar-refractivity contribution in [3.63, 3.8) is 0 Å². The zero-order valence-electron chi connectivity index (χ0n) is 37.9. The van der Waals surface area contributed by atoms with Crippen LogP contribution in [0, 0.1) is 23.7 Å². The lowest BCUT2D eigenvalue weighted by Crippen LogP contribution is -2.81. The first-order valence-electron chi connectivity index (χ1n) is 21.9. The molecule has 4 fully saturated rings. The number of Topliss-reactive ketones (excluding diaryl/α,β-unsaturated/α-hetero) is 2. The van der Waals surface area contributed by atoms with E-state index in [4.69, 9.17) is 29.4 Å². The highest BCUT2D eigenvalue weighted by atomic mass is 16.7. The molecule has 6 aliphatic rings. The Labute approximate surface area is 372 Å². The first kappa shape index (κ1) is 47.1. The molecule has 3 aliphatic heterocycles. The van der Waals surface area contributed by atoms with E-state index >= 15 is 9.59 Å². The number of aliphatic hydroxyl groups excluding tert-OH is 4. The molecule has 2 aromatic rings. The molecule has 1 spiro atoms. The molecule has 8 rings (SSSR count). The predicted octanol–water partition coefficient (Wildman–Crippen LogP) is 3.75. The second kappa shape index (κ2) is 17.5. The van der Waals surface area contributed by atoms with Crippen LogP contribution < -0.4 is 19.9 Å². The highest BCUT2D eigenvalue weighted by Gasteiger charge is 2.79. The van der Waals surface area contributed by atoms with E-state index in [1.54, 1.807) is 6.08 Å². The smallest absolute Gasteiger partial charge is 0.333 e. The van der Waals surface area contributed by atoms with E-state index in [9.17, 15) is 30.3 Å². The Hall–Kier alpha value is -4.91. The van der Waals surface area contributed by atoms with Gasteiger partial charge in [-0.3, -0.25) is 9.59 Å². The van der Waals surface area contributed by atoms with E-state index in [0.29, 0.717) is 18.4 Å². The minimum absolute atomic E-state index is 0.0400. The highest BCUT2D eigenvalue weighted by molar-refractivity contribution is 6.10. The Morgan fingerprint density at radius 2 is 1.73 bits per heavy atom. The molecule has 17 nitrogen and oxygen atoms in total. The summed E-state index contributed by atoms with van der Waals surface area (Å²) >= 11 is 0. The number of esters is 1. The molecule has 2 bridgehead atoms. The maximum absolute atomic E-state index is 16.3. The van der Waals surface area contributed by atoms with Gasteiger partial charge in [0.2, 0.25) is 12.2 Å². The fraction of sp³-hybridized carbons (Fsp3) is 0.596. The maximum Gasteiger partial charge on any atom is 0.333 e. The van der Waals surface area contributed by atoms with E-state index in [0.717, 1.165) is 11.1 Å². The summed E-state index contributed by atoms with van der Waals surface area (Å²) in [5.74, 6) is -5.27. The number of hydrogen-bond acceptors (Lipinski definition) is 16. The van der Waals surface area contributed by atoms with Gasteiger partial charge in [0, 0.05) is 29.4 Å². The predicted molar refractivity (Wildman–Crippen MR) is 232 cm³/mol. The molecule has 64 heavy (non-hydrogen) atoms. The first-order valence-corrected chi connectivity index (χ1v) is 21.9. The van der Waals surface area contributed by atoms with Gasteiger partial charge in [0.25, 0.3) is 0 Å². The summed E-state index contributed by atoms with van der Waals surface area (Å²) in [5.41, 5.74) is 3.49. The Bertz CT molecular complexity index is 2310. The van der Waals surface area contributed by atoms with E-state index in [1.807, 2.05) is 60.6 Å². The number of hydrogen-bond donors (Lipinski definition) is 6. The number of aliphatic hydroxyl groups is 5. The number of fused-ring (bicyclic) bond motifs is 4. The number of nitrogens with zero attached hydrogens (tertiary/aromatic N) is 3.